The Balaban J connectivity index is 1.93. The van der Waals surface area contributed by atoms with Crippen LogP contribution in [0.25, 0.3) is 0 Å². The summed E-state index contributed by atoms with van der Waals surface area (Å²) in [6, 6.07) is 0. The van der Waals surface area contributed by atoms with E-state index in [0.717, 1.165) is 39.0 Å². The first kappa shape index (κ1) is 13.9. The lowest BCUT2D eigenvalue weighted by molar-refractivity contribution is 0.0113. The Bertz CT molecular complexity index is 167. The molecule has 0 amide bonds. The van der Waals surface area contributed by atoms with Crippen molar-refractivity contribution >= 4 is 0 Å². The fourth-order valence-electron chi connectivity index (χ4n) is 2.24. The highest BCUT2D eigenvalue weighted by atomic mass is 16.3. The molecule has 0 atom stereocenters. The molecular weight excluding hydrogens is 200 g/mol. The zero-order chi connectivity index (χ0) is 11.7. The Labute approximate surface area is 100 Å². The second-order valence-electron chi connectivity index (χ2n) is 5.07. The summed E-state index contributed by atoms with van der Waals surface area (Å²) in [5.74, 6) is 0. The van der Waals surface area contributed by atoms with Gasteiger partial charge in [-0.2, -0.15) is 0 Å². The summed E-state index contributed by atoms with van der Waals surface area (Å²) in [6.45, 7) is 5.97. The van der Waals surface area contributed by atoms with Crippen LogP contribution < -0.4 is 10.6 Å². The van der Waals surface area contributed by atoms with E-state index in [9.17, 15) is 5.11 Å². The lowest BCUT2D eigenvalue weighted by Gasteiger charge is -2.32. The third-order valence-electron chi connectivity index (χ3n) is 3.45. The van der Waals surface area contributed by atoms with E-state index < -0.39 is 5.60 Å². The number of aliphatic hydroxyl groups is 1. The standard InChI is InChI=1S/C13H28N2O/c1-2-3-4-5-6-9-15-12-13(16)7-10-14-11-8-13/h14-16H,2-12H2,1H3. The fourth-order valence-corrected chi connectivity index (χ4v) is 2.24. The number of rotatable bonds is 8. The van der Waals surface area contributed by atoms with E-state index in [-0.39, 0.29) is 0 Å². The number of unbranched alkanes of at least 4 members (excludes halogenated alkanes) is 4. The van der Waals surface area contributed by atoms with Crippen molar-refractivity contribution in [3.8, 4) is 0 Å². The Morgan fingerprint density at radius 1 is 1.12 bits per heavy atom. The molecule has 1 rings (SSSR count). The summed E-state index contributed by atoms with van der Waals surface area (Å²) < 4.78 is 0. The van der Waals surface area contributed by atoms with E-state index in [2.05, 4.69) is 17.6 Å². The number of hydrogen-bond donors (Lipinski definition) is 3. The molecule has 0 aliphatic carbocycles. The molecule has 0 saturated carbocycles. The van der Waals surface area contributed by atoms with E-state index in [1.807, 2.05) is 0 Å². The summed E-state index contributed by atoms with van der Waals surface area (Å²) in [5, 5.41) is 16.9. The molecule has 0 aromatic rings. The lowest BCUT2D eigenvalue weighted by Crippen LogP contribution is -2.48. The van der Waals surface area contributed by atoms with Crippen LogP contribution in [0.15, 0.2) is 0 Å². The first-order valence-corrected chi connectivity index (χ1v) is 6.91. The summed E-state index contributed by atoms with van der Waals surface area (Å²) in [6.07, 6.45) is 8.35. The van der Waals surface area contributed by atoms with E-state index >= 15 is 0 Å². The SMILES string of the molecule is CCCCCCCNCC1(O)CCNCC1. The molecule has 3 heteroatoms. The van der Waals surface area contributed by atoms with Crippen LogP contribution >= 0.6 is 0 Å². The van der Waals surface area contributed by atoms with Gasteiger partial charge in [-0.05, 0) is 38.9 Å². The van der Waals surface area contributed by atoms with Crippen LogP contribution in [0, 0.1) is 0 Å². The van der Waals surface area contributed by atoms with Gasteiger partial charge < -0.3 is 15.7 Å². The molecular formula is C13H28N2O. The normalized spacial score (nSPS) is 19.9. The lowest BCUT2D eigenvalue weighted by atomic mass is 9.92. The molecule has 3 N–H and O–H groups in total. The van der Waals surface area contributed by atoms with Gasteiger partial charge in [0.25, 0.3) is 0 Å². The third kappa shape index (κ3) is 5.83. The van der Waals surface area contributed by atoms with E-state index in [4.69, 9.17) is 0 Å². The van der Waals surface area contributed by atoms with Crippen molar-refractivity contribution in [3.05, 3.63) is 0 Å². The van der Waals surface area contributed by atoms with Gasteiger partial charge in [-0.1, -0.05) is 32.6 Å². The highest BCUT2D eigenvalue weighted by Gasteiger charge is 2.28. The number of piperidine rings is 1. The first-order valence-electron chi connectivity index (χ1n) is 6.91. The maximum absolute atomic E-state index is 10.2. The van der Waals surface area contributed by atoms with E-state index in [1.165, 1.54) is 32.1 Å². The van der Waals surface area contributed by atoms with Crippen LogP contribution in [0.2, 0.25) is 0 Å². The zero-order valence-electron chi connectivity index (χ0n) is 10.7. The van der Waals surface area contributed by atoms with Crippen molar-refractivity contribution < 1.29 is 5.11 Å². The monoisotopic (exact) mass is 228 g/mol. The van der Waals surface area contributed by atoms with Crippen LogP contribution in [0.1, 0.15) is 51.9 Å². The third-order valence-corrected chi connectivity index (χ3v) is 3.45. The Kier molecular flexibility index (Phi) is 7.01. The average molecular weight is 228 g/mol. The molecule has 1 heterocycles. The maximum Gasteiger partial charge on any atom is 0.0795 e. The Hall–Kier alpha value is -0.120. The van der Waals surface area contributed by atoms with Gasteiger partial charge in [-0.25, -0.2) is 0 Å². The van der Waals surface area contributed by atoms with Crippen molar-refractivity contribution in [2.24, 2.45) is 0 Å². The molecule has 1 aliphatic rings. The second-order valence-corrected chi connectivity index (χ2v) is 5.07. The average Bonchev–Trinajstić information content (AvgIpc) is 2.29. The molecule has 1 aliphatic heterocycles. The van der Waals surface area contributed by atoms with Gasteiger partial charge in [-0.3, -0.25) is 0 Å². The van der Waals surface area contributed by atoms with Crippen molar-refractivity contribution in [1.29, 1.82) is 0 Å². The Morgan fingerprint density at radius 2 is 1.81 bits per heavy atom. The van der Waals surface area contributed by atoms with Gasteiger partial charge in [0, 0.05) is 6.54 Å². The molecule has 0 unspecified atom stereocenters. The maximum atomic E-state index is 10.2. The van der Waals surface area contributed by atoms with Gasteiger partial charge in [0.2, 0.25) is 0 Å². The van der Waals surface area contributed by atoms with Gasteiger partial charge in [-0.15, -0.1) is 0 Å². The summed E-state index contributed by atoms with van der Waals surface area (Å²) in [5.41, 5.74) is -0.450. The quantitative estimate of drug-likeness (QED) is 0.554. The molecule has 0 bridgehead atoms. The molecule has 1 fully saturated rings. The van der Waals surface area contributed by atoms with Crippen molar-refractivity contribution in [2.75, 3.05) is 26.2 Å². The Morgan fingerprint density at radius 3 is 2.50 bits per heavy atom. The summed E-state index contributed by atoms with van der Waals surface area (Å²) in [4.78, 5) is 0. The van der Waals surface area contributed by atoms with Crippen molar-refractivity contribution in [2.45, 2.75) is 57.5 Å². The predicted octanol–water partition coefficient (Wildman–Crippen LogP) is 1.66. The molecule has 3 nitrogen and oxygen atoms in total. The summed E-state index contributed by atoms with van der Waals surface area (Å²) in [7, 11) is 0. The van der Waals surface area contributed by atoms with E-state index in [0.29, 0.717) is 0 Å². The fraction of sp³-hybridized carbons (Fsp3) is 1.00. The molecule has 0 aromatic heterocycles. The van der Waals surface area contributed by atoms with Crippen LogP contribution in [-0.4, -0.2) is 36.9 Å². The zero-order valence-corrected chi connectivity index (χ0v) is 10.7. The molecule has 16 heavy (non-hydrogen) atoms. The highest BCUT2D eigenvalue weighted by Crippen LogP contribution is 2.16. The van der Waals surface area contributed by atoms with Crippen LogP contribution in [0.4, 0.5) is 0 Å². The van der Waals surface area contributed by atoms with Crippen LogP contribution in [0.3, 0.4) is 0 Å². The summed E-state index contributed by atoms with van der Waals surface area (Å²) >= 11 is 0. The molecule has 0 radical (unpaired) electrons. The minimum atomic E-state index is -0.450. The molecule has 96 valence electrons. The van der Waals surface area contributed by atoms with Crippen LogP contribution in [0.5, 0.6) is 0 Å². The highest BCUT2D eigenvalue weighted by molar-refractivity contribution is 4.86. The topological polar surface area (TPSA) is 44.3 Å². The number of nitrogens with one attached hydrogen (secondary N) is 2. The molecule has 1 saturated heterocycles. The minimum absolute atomic E-state index is 0.450. The van der Waals surface area contributed by atoms with Crippen molar-refractivity contribution in [3.63, 3.8) is 0 Å². The first-order chi connectivity index (χ1) is 7.77. The molecule has 0 aromatic carbocycles. The minimum Gasteiger partial charge on any atom is -0.388 e. The molecule has 0 spiro atoms. The predicted molar refractivity (Wildman–Crippen MR) is 68.7 cm³/mol. The van der Waals surface area contributed by atoms with Gasteiger partial charge in [0.05, 0.1) is 5.60 Å². The smallest absolute Gasteiger partial charge is 0.0795 e. The van der Waals surface area contributed by atoms with Gasteiger partial charge in [0.15, 0.2) is 0 Å². The second kappa shape index (κ2) is 8.04. The largest absolute Gasteiger partial charge is 0.388 e. The van der Waals surface area contributed by atoms with Crippen molar-refractivity contribution in [1.82, 2.24) is 10.6 Å². The van der Waals surface area contributed by atoms with E-state index in [1.54, 1.807) is 0 Å². The van der Waals surface area contributed by atoms with Gasteiger partial charge in [0.1, 0.15) is 0 Å². The van der Waals surface area contributed by atoms with Gasteiger partial charge >= 0.3 is 0 Å². The van der Waals surface area contributed by atoms with Crippen LogP contribution in [-0.2, 0) is 0 Å². The number of hydrogen-bond acceptors (Lipinski definition) is 3.